The predicted octanol–water partition coefficient (Wildman–Crippen LogP) is 7.60. The zero-order valence-corrected chi connectivity index (χ0v) is 19.5. The SMILES string of the molecule is c1ccc(-c2cc(-c3nc(-c4ccccc4)nc(-c4ccccc4)n3)cc(-c3ccccc3)n2)cc1. The van der Waals surface area contributed by atoms with Gasteiger partial charge in [-0.1, -0.05) is 121 Å². The van der Waals surface area contributed by atoms with Crippen LogP contribution in [0.25, 0.3) is 56.7 Å². The molecule has 6 aromatic rings. The van der Waals surface area contributed by atoms with Gasteiger partial charge in [-0.25, -0.2) is 19.9 Å². The quantitative estimate of drug-likeness (QED) is 0.265. The number of benzene rings is 4. The lowest BCUT2D eigenvalue weighted by Gasteiger charge is -2.11. The van der Waals surface area contributed by atoms with Crippen LogP contribution in [-0.4, -0.2) is 19.9 Å². The second-order valence-electron chi connectivity index (χ2n) is 8.40. The monoisotopic (exact) mass is 462 g/mol. The van der Waals surface area contributed by atoms with Crippen LogP contribution in [0.3, 0.4) is 0 Å². The Bertz CT molecular complexity index is 1360. The van der Waals surface area contributed by atoms with E-state index in [-0.39, 0.29) is 0 Å². The Balaban J connectivity index is 1.58. The number of pyridine rings is 1. The van der Waals surface area contributed by atoms with Gasteiger partial charge in [-0.05, 0) is 12.1 Å². The molecule has 0 radical (unpaired) electrons. The summed E-state index contributed by atoms with van der Waals surface area (Å²) < 4.78 is 0. The molecule has 0 unspecified atom stereocenters. The molecule has 0 fully saturated rings. The summed E-state index contributed by atoms with van der Waals surface area (Å²) in [5.41, 5.74) is 6.59. The standard InChI is InChI=1S/C32H22N4/c1-5-13-23(14-6-1)28-21-27(22-29(33-28)24-15-7-2-8-16-24)32-35-30(25-17-9-3-10-18-25)34-31(36-32)26-19-11-4-12-20-26/h1-22H. The van der Waals surface area contributed by atoms with Gasteiger partial charge in [0, 0.05) is 27.8 Å². The van der Waals surface area contributed by atoms with Crippen molar-refractivity contribution in [1.29, 1.82) is 0 Å². The maximum Gasteiger partial charge on any atom is 0.164 e. The van der Waals surface area contributed by atoms with Crippen LogP contribution >= 0.6 is 0 Å². The molecule has 4 aromatic carbocycles. The van der Waals surface area contributed by atoms with Crippen molar-refractivity contribution in [3.05, 3.63) is 133 Å². The molecular formula is C32H22N4. The molecule has 0 saturated carbocycles. The van der Waals surface area contributed by atoms with E-state index in [2.05, 4.69) is 36.4 Å². The normalized spacial score (nSPS) is 10.8. The lowest BCUT2D eigenvalue weighted by Crippen LogP contribution is -2.01. The molecule has 6 rings (SSSR count). The van der Waals surface area contributed by atoms with Gasteiger partial charge in [0.25, 0.3) is 0 Å². The van der Waals surface area contributed by atoms with E-state index in [1.807, 2.05) is 97.1 Å². The van der Waals surface area contributed by atoms with Crippen LogP contribution < -0.4 is 0 Å². The van der Waals surface area contributed by atoms with Crippen molar-refractivity contribution in [2.45, 2.75) is 0 Å². The highest BCUT2D eigenvalue weighted by atomic mass is 15.0. The number of nitrogens with zero attached hydrogens (tertiary/aromatic N) is 4. The number of aromatic nitrogens is 4. The van der Waals surface area contributed by atoms with Gasteiger partial charge in [0.2, 0.25) is 0 Å². The number of hydrogen-bond donors (Lipinski definition) is 0. The summed E-state index contributed by atoms with van der Waals surface area (Å²) in [7, 11) is 0. The summed E-state index contributed by atoms with van der Waals surface area (Å²) >= 11 is 0. The first kappa shape index (κ1) is 21.6. The zero-order chi connectivity index (χ0) is 24.2. The molecular weight excluding hydrogens is 440 g/mol. The van der Waals surface area contributed by atoms with Crippen molar-refractivity contribution in [1.82, 2.24) is 19.9 Å². The third-order valence-corrected chi connectivity index (χ3v) is 5.92. The molecule has 36 heavy (non-hydrogen) atoms. The van der Waals surface area contributed by atoms with E-state index in [9.17, 15) is 0 Å². The molecule has 0 saturated heterocycles. The number of rotatable bonds is 5. The Morgan fingerprint density at radius 2 is 0.583 bits per heavy atom. The molecule has 0 aliphatic heterocycles. The second-order valence-corrected chi connectivity index (χ2v) is 8.40. The van der Waals surface area contributed by atoms with Crippen molar-refractivity contribution in [2.75, 3.05) is 0 Å². The highest BCUT2D eigenvalue weighted by Crippen LogP contribution is 2.30. The first-order valence-electron chi connectivity index (χ1n) is 11.8. The Hall–Kier alpha value is -4.96. The van der Waals surface area contributed by atoms with Crippen LogP contribution in [0.15, 0.2) is 133 Å². The van der Waals surface area contributed by atoms with Crippen molar-refractivity contribution >= 4 is 0 Å². The number of hydrogen-bond acceptors (Lipinski definition) is 4. The molecule has 4 heteroatoms. The second kappa shape index (κ2) is 9.72. The van der Waals surface area contributed by atoms with Gasteiger partial charge in [0.15, 0.2) is 17.5 Å². The Morgan fingerprint density at radius 1 is 0.278 bits per heavy atom. The molecule has 4 nitrogen and oxygen atoms in total. The van der Waals surface area contributed by atoms with Gasteiger partial charge in [-0.2, -0.15) is 0 Å². The Kier molecular flexibility index (Phi) is 5.83. The smallest absolute Gasteiger partial charge is 0.164 e. The molecule has 0 bridgehead atoms. The molecule has 0 N–H and O–H groups in total. The summed E-state index contributed by atoms with van der Waals surface area (Å²) in [6.07, 6.45) is 0. The van der Waals surface area contributed by atoms with Crippen LogP contribution in [0.2, 0.25) is 0 Å². The summed E-state index contributed by atoms with van der Waals surface area (Å²) in [6.45, 7) is 0. The predicted molar refractivity (Wildman–Crippen MR) is 145 cm³/mol. The zero-order valence-electron chi connectivity index (χ0n) is 19.5. The van der Waals surface area contributed by atoms with Gasteiger partial charge in [-0.15, -0.1) is 0 Å². The third-order valence-electron chi connectivity index (χ3n) is 5.92. The van der Waals surface area contributed by atoms with E-state index in [0.29, 0.717) is 17.5 Å². The Morgan fingerprint density at radius 3 is 0.944 bits per heavy atom. The van der Waals surface area contributed by atoms with E-state index < -0.39 is 0 Å². The van der Waals surface area contributed by atoms with Crippen molar-refractivity contribution in [2.24, 2.45) is 0 Å². The van der Waals surface area contributed by atoms with E-state index in [4.69, 9.17) is 19.9 Å². The van der Waals surface area contributed by atoms with E-state index >= 15 is 0 Å². The molecule has 170 valence electrons. The summed E-state index contributed by atoms with van der Waals surface area (Å²) in [5, 5.41) is 0. The minimum absolute atomic E-state index is 0.611. The van der Waals surface area contributed by atoms with Crippen molar-refractivity contribution < 1.29 is 0 Å². The summed E-state index contributed by atoms with van der Waals surface area (Å²) in [5.74, 6) is 1.89. The third kappa shape index (κ3) is 4.52. The fraction of sp³-hybridized carbons (Fsp3) is 0. The van der Waals surface area contributed by atoms with Crippen LogP contribution in [0.1, 0.15) is 0 Å². The van der Waals surface area contributed by atoms with Crippen LogP contribution in [0.5, 0.6) is 0 Å². The first-order chi connectivity index (χ1) is 17.8. The highest BCUT2D eigenvalue weighted by molar-refractivity contribution is 5.75. The molecule has 0 spiro atoms. The molecule has 2 aromatic heterocycles. The van der Waals surface area contributed by atoms with Crippen LogP contribution in [0.4, 0.5) is 0 Å². The maximum absolute atomic E-state index is 4.99. The average Bonchev–Trinajstić information content (AvgIpc) is 2.98. The van der Waals surface area contributed by atoms with Gasteiger partial charge >= 0.3 is 0 Å². The van der Waals surface area contributed by atoms with Crippen molar-refractivity contribution in [3.63, 3.8) is 0 Å². The highest BCUT2D eigenvalue weighted by Gasteiger charge is 2.15. The van der Waals surface area contributed by atoms with E-state index in [0.717, 1.165) is 39.2 Å². The van der Waals surface area contributed by atoms with Crippen LogP contribution in [0, 0.1) is 0 Å². The lowest BCUT2D eigenvalue weighted by molar-refractivity contribution is 1.07. The molecule has 0 aliphatic carbocycles. The van der Waals surface area contributed by atoms with Gasteiger partial charge in [0.1, 0.15) is 0 Å². The lowest BCUT2D eigenvalue weighted by atomic mass is 10.0. The average molecular weight is 463 g/mol. The summed E-state index contributed by atoms with van der Waals surface area (Å²) in [4.78, 5) is 19.7. The summed E-state index contributed by atoms with van der Waals surface area (Å²) in [6, 6.07) is 44.5. The molecule has 2 heterocycles. The van der Waals surface area contributed by atoms with Gasteiger partial charge in [-0.3, -0.25) is 0 Å². The van der Waals surface area contributed by atoms with Gasteiger partial charge < -0.3 is 0 Å². The fourth-order valence-electron chi connectivity index (χ4n) is 4.11. The molecule has 0 aliphatic rings. The van der Waals surface area contributed by atoms with E-state index in [1.165, 1.54) is 0 Å². The topological polar surface area (TPSA) is 51.6 Å². The van der Waals surface area contributed by atoms with Crippen molar-refractivity contribution in [3.8, 4) is 56.7 Å². The van der Waals surface area contributed by atoms with Gasteiger partial charge in [0.05, 0.1) is 11.4 Å². The maximum atomic E-state index is 4.99. The molecule has 0 amide bonds. The largest absolute Gasteiger partial charge is 0.248 e. The fourth-order valence-corrected chi connectivity index (χ4v) is 4.11. The first-order valence-corrected chi connectivity index (χ1v) is 11.8. The Labute approximate surface area is 210 Å². The van der Waals surface area contributed by atoms with Crippen LogP contribution in [-0.2, 0) is 0 Å². The molecule has 0 atom stereocenters. The minimum atomic E-state index is 0.611. The minimum Gasteiger partial charge on any atom is -0.248 e. The van der Waals surface area contributed by atoms with E-state index in [1.54, 1.807) is 0 Å².